The molecule has 1 N–H and O–H groups in total. The standard InChI is InChI=1S/C15H13BrClN3O3S/c1-23-13-4-3-11(17)6-14(13)24(21,22)18-7-12-9-20-8-10(16)2-5-15(20)19-12/h2-6,8-9,18H,7H2,1H3. The predicted molar refractivity (Wildman–Crippen MR) is 94.9 cm³/mol. The van der Waals surface area contributed by atoms with E-state index < -0.39 is 10.0 Å². The first-order valence-electron chi connectivity index (χ1n) is 6.85. The average Bonchev–Trinajstić information content (AvgIpc) is 2.95. The first-order valence-corrected chi connectivity index (χ1v) is 9.51. The fraction of sp³-hybridized carbons (Fsp3) is 0.133. The first kappa shape index (κ1) is 17.2. The minimum absolute atomic E-state index is 0.0102. The molecule has 2 heterocycles. The summed E-state index contributed by atoms with van der Waals surface area (Å²) < 4.78 is 35.4. The number of fused-ring (bicyclic) bond motifs is 1. The van der Waals surface area contributed by atoms with Crippen LogP contribution >= 0.6 is 27.5 Å². The van der Waals surface area contributed by atoms with E-state index in [1.54, 1.807) is 12.3 Å². The van der Waals surface area contributed by atoms with Crippen LogP contribution < -0.4 is 9.46 Å². The van der Waals surface area contributed by atoms with Crippen LogP contribution in [0.25, 0.3) is 5.65 Å². The molecule has 0 radical (unpaired) electrons. The van der Waals surface area contributed by atoms with Crippen LogP contribution in [0.5, 0.6) is 5.75 Å². The largest absolute Gasteiger partial charge is 0.495 e. The van der Waals surface area contributed by atoms with Crippen molar-refractivity contribution in [3.63, 3.8) is 0 Å². The van der Waals surface area contributed by atoms with Gasteiger partial charge in [0.1, 0.15) is 16.3 Å². The van der Waals surface area contributed by atoms with Crippen molar-refractivity contribution in [1.82, 2.24) is 14.1 Å². The van der Waals surface area contributed by atoms with Gasteiger partial charge in [-0.05, 0) is 46.3 Å². The van der Waals surface area contributed by atoms with Crippen LogP contribution in [0.1, 0.15) is 5.69 Å². The zero-order chi connectivity index (χ0) is 17.3. The molecule has 0 saturated carbocycles. The Morgan fingerprint density at radius 1 is 1.29 bits per heavy atom. The second-order valence-electron chi connectivity index (χ2n) is 4.96. The third kappa shape index (κ3) is 3.56. The second-order valence-corrected chi connectivity index (χ2v) is 8.05. The monoisotopic (exact) mass is 429 g/mol. The van der Waals surface area contributed by atoms with Crippen molar-refractivity contribution in [3.8, 4) is 5.75 Å². The Morgan fingerprint density at radius 3 is 2.83 bits per heavy atom. The van der Waals surface area contributed by atoms with Gasteiger partial charge >= 0.3 is 0 Å². The van der Waals surface area contributed by atoms with E-state index in [4.69, 9.17) is 16.3 Å². The molecule has 1 aromatic carbocycles. The number of halogens is 2. The number of methoxy groups -OCH3 is 1. The van der Waals surface area contributed by atoms with Gasteiger partial charge in [0, 0.05) is 21.9 Å². The molecule has 0 aliphatic carbocycles. The Bertz CT molecular complexity index is 1000. The second kappa shape index (κ2) is 6.72. The van der Waals surface area contributed by atoms with E-state index >= 15 is 0 Å². The molecule has 6 nitrogen and oxygen atoms in total. The lowest BCUT2D eigenvalue weighted by molar-refractivity contribution is 0.402. The van der Waals surface area contributed by atoms with Crippen LogP contribution in [0.3, 0.4) is 0 Å². The van der Waals surface area contributed by atoms with Crippen LogP contribution in [-0.4, -0.2) is 24.9 Å². The highest BCUT2D eigenvalue weighted by molar-refractivity contribution is 9.10. The SMILES string of the molecule is COc1ccc(Cl)cc1S(=O)(=O)NCc1cn2cc(Br)ccc2n1. The summed E-state index contributed by atoms with van der Waals surface area (Å²) in [6, 6.07) is 8.14. The molecule has 2 aromatic heterocycles. The number of sulfonamides is 1. The van der Waals surface area contributed by atoms with Gasteiger partial charge in [-0.1, -0.05) is 11.6 Å². The third-order valence-corrected chi connectivity index (χ3v) is 5.45. The summed E-state index contributed by atoms with van der Waals surface area (Å²) in [5.74, 6) is 0.228. The van der Waals surface area contributed by atoms with Crippen LogP contribution in [0.15, 0.2) is 52.1 Å². The number of hydrogen-bond donors (Lipinski definition) is 1. The Morgan fingerprint density at radius 2 is 2.08 bits per heavy atom. The van der Waals surface area contributed by atoms with E-state index in [-0.39, 0.29) is 17.2 Å². The molecule has 0 aliphatic heterocycles. The Balaban J connectivity index is 1.85. The summed E-state index contributed by atoms with van der Waals surface area (Å²) in [6.45, 7) is 0.0529. The molecule has 0 atom stereocenters. The number of rotatable bonds is 5. The Kier molecular flexibility index (Phi) is 4.82. The molecule has 0 spiro atoms. The predicted octanol–water partition coefficient (Wildman–Crippen LogP) is 3.24. The van der Waals surface area contributed by atoms with Crippen LogP contribution in [0.4, 0.5) is 0 Å². The number of imidazole rings is 1. The fourth-order valence-corrected chi connectivity index (χ4v) is 3.99. The number of nitrogens with zero attached hydrogens (tertiary/aromatic N) is 2. The van der Waals surface area contributed by atoms with Gasteiger partial charge in [0.25, 0.3) is 0 Å². The number of aromatic nitrogens is 2. The molecule has 3 aromatic rings. The highest BCUT2D eigenvalue weighted by Crippen LogP contribution is 2.27. The van der Waals surface area contributed by atoms with Crippen molar-refractivity contribution < 1.29 is 13.2 Å². The topological polar surface area (TPSA) is 72.7 Å². The summed E-state index contributed by atoms with van der Waals surface area (Å²) >= 11 is 9.28. The lowest BCUT2D eigenvalue weighted by Crippen LogP contribution is -2.24. The number of pyridine rings is 1. The number of benzene rings is 1. The number of hydrogen-bond acceptors (Lipinski definition) is 4. The molecule has 3 rings (SSSR count). The third-order valence-electron chi connectivity index (χ3n) is 3.32. The van der Waals surface area contributed by atoms with E-state index in [2.05, 4.69) is 25.6 Å². The molecule has 24 heavy (non-hydrogen) atoms. The number of nitrogens with one attached hydrogen (secondary N) is 1. The quantitative estimate of drug-likeness (QED) is 0.674. The smallest absolute Gasteiger partial charge is 0.244 e. The molecular weight excluding hydrogens is 418 g/mol. The summed E-state index contributed by atoms with van der Waals surface area (Å²) in [5, 5.41) is 0.314. The summed E-state index contributed by atoms with van der Waals surface area (Å²) in [7, 11) is -2.38. The molecular formula is C15H13BrClN3O3S. The van der Waals surface area contributed by atoms with Gasteiger partial charge in [-0.25, -0.2) is 18.1 Å². The molecule has 9 heteroatoms. The Hall–Kier alpha value is -1.61. The molecule has 0 bridgehead atoms. The van der Waals surface area contributed by atoms with E-state index in [9.17, 15) is 8.42 Å². The zero-order valence-electron chi connectivity index (χ0n) is 12.5. The fourth-order valence-electron chi connectivity index (χ4n) is 2.21. The molecule has 0 aliphatic rings. The van der Waals surface area contributed by atoms with Crippen LogP contribution in [-0.2, 0) is 16.6 Å². The van der Waals surface area contributed by atoms with Crippen molar-refractivity contribution in [3.05, 3.63) is 57.9 Å². The summed E-state index contributed by atoms with van der Waals surface area (Å²) in [6.07, 6.45) is 3.61. The van der Waals surface area contributed by atoms with Gasteiger partial charge in [0.05, 0.1) is 19.3 Å². The van der Waals surface area contributed by atoms with E-state index in [0.29, 0.717) is 10.7 Å². The van der Waals surface area contributed by atoms with E-state index in [1.165, 1.54) is 19.2 Å². The highest BCUT2D eigenvalue weighted by Gasteiger charge is 2.20. The Labute approximate surface area is 152 Å². The van der Waals surface area contributed by atoms with Crippen LogP contribution in [0.2, 0.25) is 5.02 Å². The van der Waals surface area contributed by atoms with E-state index in [0.717, 1.165) is 10.1 Å². The van der Waals surface area contributed by atoms with Crippen molar-refractivity contribution in [2.24, 2.45) is 0 Å². The van der Waals surface area contributed by atoms with Gasteiger partial charge < -0.3 is 9.14 Å². The van der Waals surface area contributed by atoms with Crippen molar-refractivity contribution in [1.29, 1.82) is 0 Å². The maximum absolute atomic E-state index is 12.5. The molecule has 0 amide bonds. The number of ether oxygens (including phenoxy) is 1. The first-order chi connectivity index (χ1) is 11.4. The van der Waals surface area contributed by atoms with Crippen molar-refractivity contribution in [2.45, 2.75) is 11.4 Å². The minimum Gasteiger partial charge on any atom is -0.495 e. The lowest BCUT2D eigenvalue weighted by atomic mass is 10.3. The van der Waals surface area contributed by atoms with E-state index in [1.807, 2.05) is 22.7 Å². The summed E-state index contributed by atoms with van der Waals surface area (Å²) in [4.78, 5) is 4.36. The molecule has 0 saturated heterocycles. The van der Waals surface area contributed by atoms with Crippen molar-refractivity contribution in [2.75, 3.05) is 7.11 Å². The molecule has 0 fully saturated rings. The summed E-state index contributed by atoms with van der Waals surface area (Å²) in [5.41, 5.74) is 1.32. The lowest BCUT2D eigenvalue weighted by Gasteiger charge is -2.10. The maximum atomic E-state index is 12.5. The minimum atomic E-state index is -3.79. The highest BCUT2D eigenvalue weighted by atomic mass is 79.9. The van der Waals surface area contributed by atoms with Gasteiger partial charge in [0.2, 0.25) is 10.0 Å². The van der Waals surface area contributed by atoms with Gasteiger partial charge in [-0.3, -0.25) is 0 Å². The van der Waals surface area contributed by atoms with Gasteiger partial charge in [-0.15, -0.1) is 0 Å². The maximum Gasteiger partial charge on any atom is 0.244 e. The molecule has 126 valence electrons. The van der Waals surface area contributed by atoms with Gasteiger partial charge in [0.15, 0.2) is 0 Å². The van der Waals surface area contributed by atoms with Crippen molar-refractivity contribution >= 4 is 43.2 Å². The normalized spacial score (nSPS) is 11.8. The van der Waals surface area contributed by atoms with Gasteiger partial charge in [-0.2, -0.15) is 0 Å². The average molecular weight is 431 g/mol. The zero-order valence-corrected chi connectivity index (χ0v) is 15.7. The van der Waals surface area contributed by atoms with Crippen LogP contribution in [0, 0.1) is 0 Å². The molecule has 0 unspecified atom stereocenters.